The molecule has 2 aromatic rings. The molecule has 2 heterocycles. The molecule has 0 bridgehead atoms. The van der Waals surface area contributed by atoms with Crippen LogP contribution in [0, 0.1) is 5.92 Å². The van der Waals surface area contributed by atoms with Crippen LogP contribution < -0.4 is 0 Å². The van der Waals surface area contributed by atoms with Gasteiger partial charge in [-0.05, 0) is 38.0 Å². The van der Waals surface area contributed by atoms with Crippen LogP contribution >= 0.6 is 11.6 Å². The zero-order valence-corrected chi connectivity index (χ0v) is 13.8. The first-order valence-electron chi connectivity index (χ1n) is 7.83. The van der Waals surface area contributed by atoms with Crippen LogP contribution in [0.2, 0.25) is 5.02 Å². The van der Waals surface area contributed by atoms with Crippen LogP contribution in [0.4, 0.5) is 0 Å². The molecule has 1 saturated heterocycles. The van der Waals surface area contributed by atoms with Crippen LogP contribution in [0.5, 0.6) is 0 Å². The molecule has 1 amide bonds. The topological polar surface area (TPSA) is 69.2 Å². The van der Waals surface area contributed by atoms with E-state index < -0.39 is 6.10 Å². The van der Waals surface area contributed by atoms with Gasteiger partial charge in [0.05, 0.1) is 11.8 Å². The highest BCUT2D eigenvalue weighted by molar-refractivity contribution is 6.30. The molecule has 5 nitrogen and oxygen atoms in total. The molecule has 122 valence electrons. The van der Waals surface area contributed by atoms with Crippen molar-refractivity contribution in [2.45, 2.75) is 25.9 Å². The molecular weight excluding hydrogens is 314 g/mol. The first-order valence-corrected chi connectivity index (χ1v) is 8.21. The number of aromatic amines is 1. The van der Waals surface area contributed by atoms with Gasteiger partial charge < -0.3 is 10.0 Å². The van der Waals surface area contributed by atoms with Crippen molar-refractivity contribution in [1.82, 2.24) is 15.1 Å². The minimum Gasteiger partial charge on any atom is -0.393 e. The van der Waals surface area contributed by atoms with Gasteiger partial charge in [0.2, 0.25) is 0 Å². The number of H-pyrrole nitrogens is 1. The fourth-order valence-corrected chi connectivity index (χ4v) is 3.08. The Bertz CT molecular complexity index is 681. The Labute approximate surface area is 140 Å². The van der Waals surface area contributed by atoms with Gasteiger partial charge in [0.1, 0.15) is 5.69 Å². The van der Waals surface area contributed by atoms with E-state index in [1.54, 1.807) is 30.0 Å². The summed E-state index contributed by atoms with van der Waals surface area (Å²) in [5.41, 5.74) is 2.10. The van der Waals surface area contributed by atoms with Crippen LogP contribution in [-0.2, 0) is 0 Å². The molecule has 0 radical (unpaired) electrons. The zero-order valence-electron chi connectivity index (χ0n) is 13.0. The molecular formula is C17H20ClN3O2. The van der Waals surface area contributed by atoms with Gasteiger partial charge in [0, 0.05) is 29.6 Å². The number of halogens is 1. The standard InChI is InChI=1S/C17H20ClN3O2/c1-11(22)13-3-2-8-21(10-13)17(23)16-9-15(19-20-16)12-4-6-14(18)7-5-12/h4-7,9,11,13,22H,2-3,8,10H2,1H3,(H,19,20). The highest BCUT2D eigenvalue weighted by atomic mass is 35.5. The molecule has 0 spiro atoms. The van der Waals surface area contributed by atoms with E-state index in [1.165, 1.54) is 0 Å². The molecule has 1 aromatic heterocycles. The quantitative estimate of drug-likeness (QED) is 0.907. The summed E-state index contributed by atoms with van der Waals surface area (Å²) >= 11 is 5.89. The fourth-order valence-electron chi connectivity index (χ4n) is 2.96. The average molecular weight is 334 g/mol. The van der Waals surface area contributed by atoms with Crippen LogP contribution in [0.15, 0.2) is 30.3 Å². The van der Waals surface area contributed by atoms with E-state index in [0.717, 1.165) is 24.9 Å². The van der Waals surface area contributed by atoms with Gasteiger partial charge >= 0.3 is 0 Å². The highest BCUT2D eigenvalue weighted by Crippen LogP contribution is 2.23. The molecule has 23 heavy (non-hydrogen) atoms. The molecule has 1 aliphatic rings. The summed E-state index contributed by atoms with van der Waals surface area (Å²) in [6.07, 6.45) is 1.48. The Morgan fingerprint density at radius 1 is 1.43 bits per heavy atom. The number of nitrogens with zero attached hydrogens (tertiary/aromatic N) is 2. The number of aliphatic hydroxyl groups is 1. The Kier molecular flexibility index (Phi) is 4.68. The summed E-state index contributed by atoms with van der Waals surface area (Å²) in [5.74, 6) is 0.0782. The van der Waals surface area contributed by atoms with Crippen molar-refractivity contribution < 1.29 is 9.90 Å². The third kappa shape index (κ3) is 3.57. The normalized spacial score (nSPS) is 19.6. The summed E-state index contributed by atoms with van der Waals surface area (Å²) in [5, 5.41) is 17.5. The van der Waals surface area contributed by atoms with Crippen LogP contribution in [-0.4, -0.2) is 45.3 Å². The highest BCUT2D eigenvalue weighted by Gasteiger charge is 2.27. The number of aromatic nitrogens is 2. The van der Waals surface area contributed by atoms with Crippen molar-refractivity contribution >= 4 is 17.5 Å². The van der Waals surface area contributed by atoms with Gasteiger partial charge in [0.25, 0.3) is 5.91 Å². The monoisotopic (exact) mass is 333 g/mol. The number of nitrogens with one attached hydrogen (secondary N) is 1. The van der Waals surface area contributed by atoms with E-state index in [4.69, 9.17) is 11.6 Å². The maximum Gasteiger partial charge on any atom is 0.271 e. The molecule has 0 saturated carbocycles. The minimum atomic E-state index is -0.392. The van der Waals surface area contributed by atoms with Crippen molar-refractivity contribution in [1.29, 1.82) is 0 Å². The molecule has 2 atom stereocenters. The van der Waals surface area contributed by atoms with E-state index >= 15 is 0 Å². The number of piperidine rings is 1. The van der Waals surface area contributed by atoms with Crippen LogP contribution in [0.3, 0.4) is 0 Å². The predicted molar refractivity (Wildman–Crippen MR) is 89.3 cm³/mol. The summed E-state index contributed by atoms with van der Waals surface area (Å²) in [6.45, 7) is 3.09. The Balaban J connectivity index is 1.74. The van der Waals surface area contributed by atoms with Crippen LogP contribution in [0.25, 0.3) is 11.3 Å². The molecule has 0 aliphatic carbocycles. The van der Waals surface area contributed by atoms with E-state index in [-0.39, 0.29) is 11.8 Å². The number of aliphatic hydroxyl groups excluding tert-OH is 1. The second kappa shape index (κ2) is 6.72. The van der Waals surface area contributed by atoms with Crippen molar-refractivity contribution in [3.63, 3.8) is 0 Å². The summed E-state index contributed by atoms with van der Waals surface area (Å²) in [6, 6.07) is 9.10. The van der Waals surface area contributed by atoms with Gasteiger partial charge in [-0.25, -0.2) is 0 Å². The lowest BCUT2D eigenvalue weighted by Crippen LogP contribution is -2.43. The molecule has 1 aromatic carbocycles. The second-order valence-corrected chi connectivity index (χ2v) is 6.50. The number of carbonyl (C=O) groups excluding carboxylic acids is 1. The Hall–Kier alpha value is -1.85. The SMILES string of the molecule is CC(O)C1CCCN(C(=O)c2cc(-c3ccc(Cl)cc3)n[nH]2)C1. The zero-order chi connectivity index (χ0) is 16.4. The van der Waals surface area contributed by atoms with Crippen molar-refractivity contribution in [2.24, 2.45) is 5.92 Å². The third-order valence-corrected chi connectivity index (χ3v) is 4.63. The number of hydrogen-bond donors (Lipinski definition) is 2. The van der Waals surface area contributed by atoms with E-state index in [0.29, 0.717) is 23.0 Å². The second-order valence-electron chi connectivity index (χ2n) is 6.07. The fraction of sp³-hybridized carbons (Fsp3) is 0.412. The van der Waals surface area contributed by atoms with Crippen molar-refractivity contribution in [3.05, 3.63) is 41.0 Å². The van der Waals surface area contributed by atoms with Crippen molar-refractivity contribution in [2.75, 3.05) is 13.1 Å². The lowest BCUT2D eigenvalue weighted by atomic mass is 9.93. The summed E-state index contributed by atoms with van der Waals surface area (Å²) < 4.78 is 0. The van der Waals surface area contributed by atoms with Gasteiger partial charge in [-0.1, -0.05) is 23.7 Å². The summed E-state index contributed by atoms with van der Waals surface area (Å²) in [7, 11) is 0. The largest absolute Gasteiger partial charge is 0.393 e. The Morgan fingerprint density at radius 3 is 2.87 bits per heavy atom. The lowest BCUT2D eigenvalue weighted by Gasteiger charge is -2.33. The van der Waals surface area contributed by atoms with Gasteiger partial charge in [-0.2, -0.15) is 5.10 Å². The molecule has 2 N–H and O–H groups in total. The van der Waals surface area contributed by atoms with Crippen LogP contribution in [0.1, 0.15) is 30.3 Å². The number of hydrogen-bond acceptors (Lipinski definition) is 3. The van der Waals surface area contributed by atoms with Gasteiger partial charge in [-0.3, -0.25) is 9.89 Å². The van der Waals surface area contributed by atoms with E-state index in [2.05, 4.69) is 10.2 Å². The van der Waals surface area contributed by atoms with Gasteiger partial charge in [-0.15, -0.1) is 0 Å². The maximum absolute atomic E-state index is 12.6. The average Bonchev–Trinajstić information content (AvgIpc) is 3.05. The number of benzene rings is 1. The molecule has 2 unspecified atom stereocenters. The van der Waals surface area contributed by atoms with E-state index in [1.807, 2.05) is 12.1 Å². The predicted octanol–water partition coefficient (Wildman–Crippen LogP) is 2.96. The number of carbonyl (C=O) groups is 1. The first-order chi connectivity index (χ1) is 11.0. The smallest absolute Gasteiger partial charge is 0.271 e. The van der Waals surface area contributed by atoms with Gasteiger partial charge in [0.15, 0.2) is 0 Å². The van der Waals surface area contributed by atoms with Crippen molar-refractivity contribution in [3.8, 4) is 11.3 Å². The first kappa shape index (κ1) is 16.0. The molecule has 3 rings (SSSR count). The lowest BCUT2D eigenvalue weighted by molar-refractivity contribution is 0.0461. The number of amides is 1. The van der Waals surface area contributed by atoms with E-state index in [9.17, 15) is 9.90 Å². The Morgan fingerprint density at radius 2 is 2.17 bits per heavy atom. The minimum absolute atomic E-state index is 0.0666. The number of likely N-dealkylation sites (tertiary alicyclic amines) is 1. The molecule has 6 heteroatoms. The third-order valence-electron chi connectivity index (χ3n) is 4.38. The maximum atomic E-state index is 12.6. The molecule has 1 aliphatic heterocycles. The number of rotatable bonds is 3. The molecule has 1 fully saturated rings. The summed E-state index contributed by atoms with van der Waals surface area (Å²) in [4.78, 5) is 14.4.